The van der Waals surface area contributed by atoms with E-state index in [1.54, 1.807) is 6.92 Å². The van der Waals surface area contributed by atoms with Gasteiger partial charge in [0.15, 0.2) is 0 Å². The van der Waals surface area contributed by atoms with E-state index in [2.05, 4.69) is 4.90 Å². The first-order valence-electron chi connectivity index (χ1n) is 5.49. The molecule has 1 saturated carbocycles. The molecule has 1 aliphatic heterocycles. The normalized spacial score (nSPS) is 26.2. The van der Waals surface area contributed by atoms with E-state index in [1.807, 2.05) is 0 Å². The molecule has 2 rings (SSSR count). The highest BCUT2D eigenvalue weighted by Gasteiger charge is 2.31. The van der Waals surface area contributed by atoms with Crippen molar-refractivity contribution in [2.24, 2.45) is 5.92 Å². The van der Waals surface area contributed by atoms with Gasteiger partial charge in [0.05, 0.1) is 0 Å². The van der Waals surface area contributed by atoms with Gasteiger partial charge in [0.25, 0.3) is 0 Å². The highest BCUT2D eigenvalue weighted by atomic mass is 16.1. The molecule has 0 spiro atoms. The number of hydrogen-bond acceptors (Lipinski definition) is 2. The van der Waals surface area contributed by atoms with Crippen molar-refractivity contribution >= 4 is 5.78 Å². The Morgan fingerprint density at radius 2 is 1.85 bits per heavy atom. The minimum absolute atomic E-state index is 0.366. The molecule has 13 heavy (non-hydrogen) atoms. The number of nitrogens with zero attached hydrogens (tertiary/aromatic N) is 1. The van der Waals surface area contributed by atoms with Gasteiger partial charge in [-0.3, -0.25) is 0 Å². The Hall–Kier alpha value is -0.370. The number of ketones is 1. The molecule has 0 bridgehead atoms. The van der Waals surface area contributed by atoms with Crippen molar-refractivity contribution < 1.29 is 4.79 Å². The lowest BCUT2D eigenvalue weighted by atomic mass is 9.92. The lowest BCUT2D eigenvalue weighted by molar-refractivity contribution is -0.118. The molecule has 2 nitrogen and oxygen atoms in total. The summed E-state index contributed by atoms with van der Waals surface area (Å²) < 4.78 is 0. The summed E-state index contributed by atoms with van der Waals surface area (Å²) in [6, 6.07) is 0.915. The second-order valence-corrected chi connectivity index (χ2v) is 4.62. The lowest BCUT2D eigenvalue weighted by Gasteiger charge is -2.31. The second-order valence-electron chi connectivity index (χ2n) is 4.62. The minimum Gasteiger partial charge on any atom is -0.300 e. The van der Waals surface area contributed by atoms with Crippen LogP contribution in [0.4, 0.5) is 0 Å². The van der Waals surface area contributed by atoms with E-state index in [4.69, 9.17) is 0 Å². The molecule has 74 valence electrons. The highest BCUT2D eigenvalue weighted by Crippen LogP contribution is 2.31. The average molecular weight is 181 g/mol. The third-order valence-corrected chi connectivity index (χ3v) is 3.29. The standard InChI is InChI=1S/C11H19NO/c1-9(13)8-10-4-6-12(7-5-10)11-2-3-11/h10-11H,2-8H2,1H3. The zero-order valence-corrected chi connectivity index (χ0v) is 8.46. The van der Waals surface area contributed by atoms with Gasteiger partial charge in [-0.05, 0) is 51.6 Å². The molecule has 2 heteroatoms. The van der Waals surface area contributed by atoms with Gasteiger partial charge in [-0.1, -0.05) is 0 Å². The first-order valence-corrected chi connectivity index (χ1v) is 5.49. The summed E-state index contributed by atoms with van der Waals surface area (Å²) in [4.78, 5) is 13.5. The van der Waals surface area contributed by atoms with E-state index in [0.29, 0.717) is 11.7 Å². The molecule has 1 heterocycles. The zero-order chi connectivity index (χ0) is 9.26. The van der Waals surface area contributed by atoms with Crippen molar-refractivity contribution in [3.8, 4) is 0 Å². The van der Waals surface area contributed by atoms with Gasteiger partial charge in [0, 0.05) is 12.5 Å². The highest BCUT2D eigenvalue weighted by molar-refractivity contribution is 5.75. The van der Waals surface area contributed by atoms with E-state index in [1.165, 1.54) is 38.8 Å². The number of hydrogen-bond donors (Lipinski definition) is 0. The van der Waals surface area contributed by atoms with Gasteiger partial charge in [-0.2, -0.15) is 0 Å². The maximum atomic E-state index is 10.9. The van der Waals surface area contributed by atoms with E-state index in [-0.39, 0.29) is 0 Å². The number of piperidine rings is 1. The minimum atomic E-state index is 0.366. The summed E-state index contributed by atoms with van der Waals surface area (Å²) in [5.41, 5.74) is 0. The maximum Gasteiger partial charge on any atom is 0.130 e. The van der Waals surface area contributed by atoms with Crippen LogP contribution in [0.5, 0.6) is 0 Å². The first-order chi connectivity index (χ1) is 6.25. The summed E-state index contributed by atoms with van der Waals surface area (Å²) in [5.74, 6) is 1.05. The molecule has 0 atom stereocenters. The molecule has 0 unspecified atom stereocenters. The van der Waals surface area contributed by atoms with Crippen LogP contribution < -0.4 is 0 Å². The predicted molar refractivity (Wildman–Crippen MR) is 52.6 cm³/mol. The largest absolute Gasteiger partial charge is 0.300 e. The third-order valence-electron chi connectivity index (χ3n) is 3.29. The number of Topliss-reactive ketones (excluding diaryl/α,β-unsaturated/α-hetero) is 1. The van der Waals surface area contributed by atoms with E-state index >= 15 is 0 Å². The Morgan fingerprint density at radius 1 is 1.23 bits per heavy atom. The predicted octanol–water partition coefficient (Wildman–Crippen LogP) is 1.84. The number of likely N-dealkylation sites (tertiary alicyclic amines) is 1. The summed E-state index contributed by atoms with van der Waals surface area (Å²) in [5, 5.41) is 0. The van der Waals surface area contributed by atoms with Gasteiger partial charge < -0.3 is 9.69 Å². The van der Waals surface area contributed by atoms with Crippen LogP contribution in [-0.4, -0.2) is 29.8 Å². The van der Waals surface area contributed by atoms with Crippen LogP contribution in [-0.2, 0) is 4.79 Å². The van der Waals surface area contributed by atoms with Crippen LogP contribution in [0.15, 0.2) is 0 Å². The number of rotatable bonds is 3. The Balaban J connectivity index is 1.72. The van der Waals surface area contributed by atoms with Crippen LogP contribution in [0.1, 0.15) is 39.0 Å². The smallest absolute Gasteiger partial charge is 0.130 e. The van der Waals surface area contributed by atoms with Crippen molar-refractivity contribution in [2.45, 2.75) is 45.1 Å². The summed E-state index contributed by atoms with van der Waals surface area (Å²) in [7, 11) is 0. The zero-order valence-electron chi connectivity index (χ0n) is 8.46. The Labute approximate surface area is 80.3 Å². The third kappa shape index (κ3) is 2.53. The van der Waals surface area contributed by atoms with Crippen molar-refractivity contribution in [1.29, 1.82) is 0 Å². The van der Waals surface area contributed by atoms with E-state index < -0.39 is 0 Å². The van der Waals surface area contributed by atoms with Crippen molar-refractivity contribution in [2.75, 3.05) is 13.1 Å². The number of carbonyl (C=O) groups is 1. The molecule has 0 N–H and O–H groups in total. The van der Waals surface area contributed by atoms with Crippen molar-refractivity contribution in [3.63, 3.8) is 0 Å². The van der Waals surface area contributed by atoms with Crippen LogP contribution in [0.2, 0.25) is 0 Å². The molecule has 0 aromatic carbocycles. The van der Waals surface area contributed by atoms with Crippen molar-refractivity contribution in [3.05, 3.63) is 0 Å². The van der Waals surface area contributed by atoms with Crippen LogP contribution in [0.3, 0.4) is 0 Å². The van der Waals surface area contributed by atoms with Gasteiger partial charge in [-0.15, -0.1) is 0 Å². The first kappa shape index (κ1) is 9.20. The van der Waals surface area contributed by atoms with Crippen LogP contribution >= 0.6 is 0 Å². The molecular formula is C11H19NO. The average Bonchev–Trinajstić information content (AvgIpc) is 2.87. The second kappa shape index (κ2) is 3.79. The Morgan fingerprint density at radius 3 is 2.31 bits per heavy atom. The molecule has 2 aliphatic rings. The fraction of sp³-hybridized carbons (Fsp3) is 0.909. The van der Waals surface area contributed by atoms with Gasteiger partial charge in [-0.25, -0.2) is 0 Å². The molecule has 1 saturated heterocycles. The molecule has 0 amide bonds. The molecule has 2 fully saturated rings. The molecular weight excluding hydrogens is 162 g/mol. The summed E-state index contributed by atoms with van der Waals surface area (Å²) in [6.45, 7) is 4.19. The maximum absolute atomic E-state index is 10.9. The lowest BCUT2D eigenvalue weighted by Crippen LogP contribution is -2.35. The summed E-state index contributed by atoms with van der Waals surface area (Å²) >= 11 is 0. The van der Waals surface area contributed by atoms with Gasteiger partial charge in [0.2, 0.25) is 0 Å². The Bertz CT molecular complexity index is 190. The fourth-order valence-electron chi connectivity index (χ4n) is 2.37. The topological polar surface area (TPSA) is 20.3 Å². The van der Waals surface area contributed by atoms with Gasteiger partial charge >= 0.3 is 0 Å². The summed E-state index contributed by atoms with van der Waals surface area (Å²) in [6.07, 6.45) is 6.14. The molecule has 0 aromatic rings. The van der Waals surface area contributed by atoms with E-state index in [0.717, 1.165) is 12.5 Å². The molecule has 0 aromatic heterocycles. The Kier molecular flexibility index (Phi) is 2.68. The molecule has 0 radical (unpaired) electrons. The van der Waals surface area contributed by atoms with Crippen LogP contribution in [0, 0.1) is 5.92 Å². The van der Waals surface area contributed by atoms with Crippen LogP contribution in [0.25, 0.3) is 0 Å². The monoisotopic (exact) mass is 181 g/mol. The number of carbonyl (C=O) groups excluding carboxylic acids is 1. The van der Waals surface area contributed by atoms with Crippen molar-refractivity contribution in [1.82, 2.24) is 4.90 Å². The molecule has 1 aliphatic carbocycles. The quantitative estimate of drug-likeness (QED) is 0.662. The SMILES string of the molecule is CC(=O)CC1CCN(C2CC2)CC1. The van der Waals surface area contributed by atoms with Gasteiger partial charge in [0.1, 0.15) is 5.78 Å². The fourth-order valence-corrected chi connectivity index (χ4v) is 2.37. The van der Waals surface area contributed by atoms with E-state index in [9.17, 15) is 4.79 Å².